The van der Waals surface area contributed by atoms with E-state index in [4.69, 9.17) is 17.3 Å². The third-order valence-corrected chi connectivity index (χ3v) is 3.47. The van der Waals surface area contributed by atoms with E-state index in [0.717, 1.165) is 19.5 Å². The number of nitrogens with two attached hydrogens (primary N) is 1. The second kappa shape index (κ2) is 6.08. The lowest BCUT2D eigenvalue weighted by Gasteiger charge is -2.24. The van der Waals surface area contributed by atoms with Gasteiger partial charge in [0.15, 0.2) is 0 Å². The molecule has 0 bridgehead atoms. The average molecular weight is 280 g/mol. The van der Waals surface area contributed by atoms with Crippen LogP contribution >= 0.6 is 11.6 Å². The smallest absolute Gasteiger partial charge is 0.238 e. The Balaban J connectivity index is 1.91. The monoisotopic (exact) mass is 279 g/mol. The number of hydrogen-bond donors (Lipinski definition) is 2. The molecule has 0 saturated carbocycles. The van der Waals surface area contributed by atoms with Crippen molar-refractivity contribution in [1.29, 1.82) is 0 Å². The molecule has 1 aliphatic heterocycles. The van der Waals surface area contributed by atoms with Gasteiger partial charge in [-0.15, -0.1) is 0 Å². The number of halogens is 1. The van der Waals surface area contributed by atoms with Crippen LogP contribution in [0.3, 0.4) is 0 Å². The number of anilines is 2. The van der Waals surface area contributed by atoms with Gasteiger partial charge in [-0.3, -0.25) is 9.69 Å². The Morgan fingerprint density at radius 3 is 2.95 bits per heavy atom. The topological polar surface area (TPSA) is 58.4 Å². The van der Waals surface area contributed by atoms with Gasteiger partial charge >= 0.3 is 0 Å². The zero-order valence-electron chi connectivity index (χ0n) is 10.9. The summed E-state index contributed by atoms with van der Waals surface area (Å²) in [4.78, 5) is 14.0. The van der Waals surface area contributed by atoms with Crippen molar-refractivity contribution >= 4 is 28.9 Å². The first-order valence-electron chi connectivity index (χ1n) is 6.27. The summed E-state index contributed by atoms with van der Waals surface area (Å²) in [5.74, 6) is -0.0559. The van der Waals surface area contributed by atoms with Gasteiger partial charge in [0.25, 0.3) is 0 Å². The first-order chi connectivity index (χ1) is 9.04. The second-order valence-corrected chi connectivity index (χ2v) is 5.23. The average Bonchev–Trinajstić information content (AvgIpc) is 2.36. The molecule has 0 spiro atoms. The van der Waals surface area contributed by atoms with Gasteiger partial charge < -0.3 is 11.1 Å². The fraction of sp³-hybridized carbons (Fsp3) is 0.357. The molecule has 1 aromatic rings. The van der Waals surface area contributed by atoms with Crippen LogP contribution in [0.5, 0.6) is 0 Å². The Hall–Kier alpha value is -1.52. The predicted octanol–water partition coefficient (Wildman–Crippen LogP) is 2.51. The molecule has 0 radical (unpaired) electrons. The number of nitrogens with one attached hydrogen (secondary N) is 1. The third-order valence-electron chi connectivity index (χ3n) is 3.15. The Bertz CT molecular complexity index is 513. The number of nitrogens with zero attached hydrogens (tertiary/aromatic N) is 1. The fourth-order valence-corrected chi connectivity index (χ4v) is 2.22. The van der Waals surface area contributed by atoms with Crippen molar-refractivity contribution in [3.63, 3.8) is 0 Å². The molecule has 0 fully saturated rings. The van der Waals surface area contributed by atoms with E-state index in [0.29, 0.717) is 22.9 Å². The summed E-state index contributed by atoms with van der Waals surface area (Å²) in [5.41, 5.74) is 8.18. The van der Waals surface area contributed by atoms with Crippen LogP contribution in [0, 0.1) is 0 Å². The van der Waals surface area contributed by atoms with E-state index >= 15 is 0 Å². The summed E-state index contributed by atoms with van der Waals surface area (Å²) in [6.45, 7) is 4.25. The van der Waals surface area contributed by atoms with Crippen LogP contribution in [-0.4, -0.2) is 30.4 Å². The quantitative estimate of drug-likeness (QED) is 0.660. The minimum atomic E-state index is -0.0559. The van der Waals surface area contributed by atoms with E-state index in [1.165, 1.54) is 5.57 Å². The van der Waals surface area contributed by atoms with Crippen LogP contribution in [0.4, 0.5) is 11.4 Å². The lowest BCUT2D eigenvalue weighted by molar-refractivity contribution is -0.117. The molecule has 0 aromatic heterocycles. The van der Waals surface area contributed by atoms with Crippen molar-refractivity contribution in [1.82, 2.24) is 4.90 Å². The molecular formula is C14H18ClN3O. The van der Waals surface area contributed by atoms with Gasteiger partial charge in [-0.2, -0.15) is 0 Å². The van der Waals surface area contributed by atoms with Crippen LogP contribution in [-0.2, 0) is 4.79 Å². The van der Waals surface area contributed by atoms with Gasteiger partial charge in [0.1, 0.15) is 0 Å². The number of hydrogen-bond acceptors (Lipinski definition) is 3. The molecular weight excluding hydrogens is 262 g/mol. The van der Waals surface area contributed by atoms with Gasteiger partial charge in [0.2, 0.25) is 5.91 Å². The van der Waals surface area contributed by atoms with Gasteiger partial charge in [-0.25, -0.2) is 0 Å². The highest BCUT2D eigenvalue weighted by molar-refractivity contribution is 6.34. The zero-order valence-corrected chi connectivity index (χ0v) is 11.7. The Labute approximate surface area is 118 Å². The maximum Gasteiger partial charge on any atom is 0.238 e. The number of carbonyl (C=O) groups excluding carboxylic acids is 1. The summed E-state index contributed by atoms with van der Waals surface area (Å²) in [5, 5.41) is 3.27. The minimum absolute atomic E-state index is 0.0559. The molecule has 5 heteroatoms. The Kier molecular flexibility index (Phi) is 4.45. The zero-order chi connectivity index (χ0) is 13.8. The molecule has 0 atom stereocenters. The van der Waals surface area contributed by atoms with Crippen LogP contribution in [0.15, 0.2) is 29.8 Å². The highest BCUT2D eigenvalue weighted by Crippen LogP contribution is 2.24. The Morgan fingerprint density at radius 1 is 1.53 bits per heavy atom. The fourth-order valence-electron chi connectivity index (χ4n) is 1.98. The first kappa shape index (κ1) is 13.9. The van der Waals surface area contributed by atoms with Crippen LogP contribution in [0.2, 0.25) is 5.02 Å². The van der Waals surface area contributed by atoms with E-state index in [-0.39, 0.29) is 5.91 Å². The first-order valence-corrected chi connectivity index (χ1v) is 6.65. The molecule has 1 amide bonds. The van der Waals surface area contributed by atoms with Crippen molar-refractivity contribution < 1.29 is 4.79 Å². The normalized spacial score (nSPS) is 16.0. The molecule has 2 rings (SSSR count). The number of carbonyl (C=O) groups is 1. The maximum atomic E-state index is 11.9. The number of benzene rings is 1. The van der Waals surface area contributed by atoms with Crippen molar-refractivity contribution in [2.75, 3.05) is 30.7 Å². The van der Waals surface area contributed by atoms with E-state index in [9.17, 15) is 4.79 Å². The Morgan fingerprint density at radius 2 is 2.32 bits per heavy atom. The van der Waals surface area contributed by atoms with Crippen LogP contribution in [0.25, 0.3) is 0 Å². The van der Waals surface area contributed by atoms with E-state index in [1.54, 1.807) is 18.2 Å². The number of nitrogen functional groups attached to an aromatic ring is 1. The third kappa shape index (κ3) is 3.98. The van der Waals surface area contributed by atoms with Crippen molar-refractivity contribution in [2.24, 2.45) is 0 Å². The summed E-state index contributed by atoms with van der Waals surface area (Å²) >= 11 is 6.02. The molecule has 3 N–H and O–H groups in total. The minimum Gasteiger partial charge on any atom is -0.399 e. The highest BCUT2D eigenvalue weighted by atomic mass is 35.5. The largest absolute Gasteiger partial charge is 0.399 e. The summed E-state index contributed by atoms with van der Waals surface area (Å²) in [6.07, 6.45) is 3.18. The number of rotatable bonds is 3. The summed E-state index contributed by atoms with van der Waals surface area (Å²) in [7, 11) is 0. The lowest BCUT2D eigenvalue weighted by Crippen LogP contribution is -2.36. The van der Waals surface area contributed by atoms with Crippen molar-refractivity contribution in [2.45, 2.75) is 13.3 Å². The molecule has 102 valence electrons. The van der Waals surface area contributed by atoms with E-state index in [2.05, 4.69) is 23.2 Å². The molecule has 1 aliphatic rings. The van der Waals surface area contributed by atoms with Gasteiger partial charge in [0.05, 0.1) is 17.3 Å². The van der Waals surface area contributed by atoms with Crippen molar-refractivity contribution in [3.05, 3.63) is 34.9 Å². The lowest BCUT2D eigenvalue weighted by atomic mass is 10.1. The SMILES string of the molecule is CC1=CCN(CC(=O)Nc2ccc(N)cc2Cl)CC1. The van der Waals surface area contributed by atoms with E-state index < -0.39 is 0 Å². The molecule has 0 unspecified atom stereocenters. The predicted molar refractivity (Wildman–Crippen MR) is 79.3 cm³/mol. The van der Waals surface area contributed by atoms with Gasteiger partial charge in [-0.1, -0.05) is 23.3 Å². The van der Waals surface area contributed by atoms with Crippen LogP contribution < -0.4 is 11.1 Å². The van der Waals surface area contributed by atoms with E-state index in [1.807, 2.05) is 0 Å². The molecule has 4 nitrogen and oxygen atoms in total. The second-order valence-electron chi connectivity index (χ2n) is 4.82. The maximum absolute atomic E-state index is 11.9. The molecule has 0 saturated heterocycles. The molecule has 0 aliphatic carbocycles. The van der Waals surface area contributed by atoms with Gasteiger partial charge in [0, 0.05) is 18.8 Å². The van der Waals surface area contributed by atoms with Crippen LogP contribution in [0.1, 0.15) is 13.3 Å². The summed E-state index contributed by atoms with van der Waals surface area (Å²) < 4.78 is 0. The standard InChI is InChI=1S/C14H18ClN3O/c1-10-4-6-18(7-5-10)9-14(19)17-13-3-2-11(16)8-12(13)15/h2-4,8H,5-7,9,16H2,1H3,(H,17,19). The molecule has 19 heavy (non-hydrogen) atoms. The molecule has 1 heterocycles. The molecule has 1 aromatic carbocycles. The highest BCUT2D eigenvalue weighted by Gasteiger charge is 2.14. The van der Waals surface area contributed by atoms with Gasteiger partial charge in [-0.05, 0) is 31.5 Å². The van der Waals surface area contributed by atoms with Crippen molar-refractivity contribution in [3.8, 4) is 0 Å². The summed E-state index contributed by atoms with van der Waals surface area (Å²) in [6, 6.07) is 5.06. The number of amides is 1.